The summed E-state index contributed by atoms with van der Waals surface area (Å²) in [6.45, 7) is 0. The summed E-state index contributed by atoms with van der Waals surface area (Å²) in [5.41, 5.74) is 0.938. The molecule has 0 saturated heterocycles. The molecule has 6 aliphatic carbocycles. The molecule has 3 fully saturated rings. The minimum atomic E-state index is 0.383. The largest absolute Gasteiger partial charge is 0.299 e. The average Bonchev–Trinajstić information content (AvgIpc) is 2.77. The second-order valence-electron chi connectivity index (χ2n) is 6.21. The monoisotopic (exact) mass is 198 g/mol. The van der Waals surface area contributed by atoms with Gasteiger partial charge in [0.25, 0.3) is 0 Å². The van der Waals surface area contributed by atoms with Crippen molar-refractivity contribution in [1.82, 2.24) is 0 Å². The molecule has 1 heteroatoms. The number of rotatable bonds is 0. The highest BCUT2D eigenvalue weighted by molar-refractivity contribution is 5.89. The Morgan fingerprint density at radius 3 is 2.87 bits per heavy atom. The van der Waals surface area contributed by atoms with E-state index in [-0.39, 0.29) is 0 Å². The van der Waals surface area contributed by atoms with Gasteiger partial charge in [0.2, 0.25) is 0 Å². The van der Waals surface area contributed by atoms with Crippen molar-refractivity contribution in [1.29, 1.82) is 0 Å². The molecule has 6 bridgehead atoms. The Bertz CT molecular complexity index is 460. The van der Waals surface area contributed by atoms with Gasteiger partial charge in [-0.2, -0.15) is 0 Å². The van der Waals surface area contributed by atoms with Crippen LogP contribution in [-0.2, 0) is 4.79 Å². The number of Topliss-reactive ketones (excluding diaryl/α,β-unsaturated/α-hetero) is 1. The summed E-state index contributed by atoms with van der Waals surface area (Å²) in [7, 11) is 0. The molecule has 0 heterocycles. The van der Waals surface area contributed by atoms with Crippen LogP contribution in [0.5, 0.6) is 0 Å². The second-order valence-corrected chi connectivity index (χ2v) is 6.21. The second kappa shape index (κ2) is 1.77. The van der Waals surface area contributed by atoms with E-state index >= 15 is 0 Å². The van der Waals surface area contributed by atoms with E-state index in [4.69, 9.17) is 0 Å². The maximum atomic E-state index is 12.1. The van der Waals surface area contributed by atoms with E-state index in [1.54, 1.807) is 0 Å². The Morgan fingerprint density at radius 2 is 1.93 bits per heavy atom. The first-order chi connectivity index (χ1) is 7.31. The van der Waals surface area contributed by atoms with Gasteiger partial charge in [0.05, 0.1) is 0 Å². The Hall–Kier alpha value is -0.850. The SMILES string of the molecule is O=C1C[C@@]23CC=CC[C@]24[C@H]2[C@@H]1[C@@H]3C=C[C@@H]24. The van der Waals surface area contributed by atoms with Gasteiger partial charge in [0.1, 0.15) is 5.78 Å². The number of allylic oxidation sites excluding steroid dienone is 4. The van der Waals surface area contributed by atoms with Crippen molar-refractivity contribution in [2.75, 3.05) is 0 Å². The third-order valence-corrected chi connectivity index (χ3v) is 6.30. The fourth-order valence-corrected chi connectivity index (χ4v) is 5.98. The summed E-state index contributed by atoms with van der Waals surface area (Å²) in [5.74, 6) is 3.15. The normalized spacial score (nSPS) is 66.0. The van der Waals surface area contributed by atoms with Crippen LogP contribution >= 0.6 is 0 Å². The van der Waals surface area contributed by atoms with Crippen LogP contribution in [0.1, 0.15) is 19.3 Å². The van der Waals surface area contributed by atoms with Crippen LogP contribution in [-0.4, -0.2) is 5.78 Å². The van der Waals surface area contributed by atoms with Crippen LogP contribution in [0.2, 0.25) is 0 Å². The molecule has 0 radical (unpaired) electrons. The van der Waals surface area contributed by atoms with Crippen molar-refractivity contribution in [3.63, 3.8) is 0 Å². The summed E-state index contributed by atoms with van der Waals surface area (Å²) < 4.78 is 0. The van der Waals surface area contributed by atoms with E-state index in [1.807, 2.05) is 0 Å². The molecule has 1 nitrogen and oxygen atoms in total. The van der Waals surface area contributed by atoms with Crippen LogP contribution in [0.3, 0.4) is 0 Å². The summed E-state index contributed by atoms with van der Waals surface area (Å²) >= 11 is 0. The van der Waals surface area contributed by atoms with Gasteiger partial charge in [0.15, 0.2) is 0 Å². The topological polar surface area (TPSA) is 17.1 Å². The lowest BCUT2D eigenvalue weighted by Crippen LogP contribution is -2.38. The van der Waals surface area contributed by atoms with Crippen molar-refractivity contribution in [3.8, 4) is 0 Å². The molecule has 3 saturated carbocycles. The molecule has 0 N–H and O–H groups in total. The van der Waals surface area contributed by atoms with Crippen LogP contribution in [0, 0.1) is 34.5 Å². The Kier molecular flexibility index (Phi) is 0.875. The quantitative estimate of drug-likeness (QED) is 0.546. The number of hydrogen-bond donors (Lipinski definition) is 0. The summed E-state index contributed by atoms with van der Waals surface area (Å²) in [6, 6.07) is 0. The third kappa shape index (κ3) is 0.467. The lowest BCUT2D eigenvalue weighted by atomic mass is 9.59. The van der Waals surface area contributed by atoms with Crippen molar-refractivity contribution in [2.24, 2.45) is 34.5 Å². The summed E-state index contributed by atoms with van der Waals surface area (Å²) in [5, 5.41) is 0. The Balaban J connectivity index is 1.86. The third-order valence-electron chi connectivity index (χ3n) is 6.30. The highest BCUT2D eigenvalue weighted by atomic mass is 16.1. The zero-order chi connectivity index (χ0) is 9.84. The molecule has 6 atom stereocenters. The van der Waals surface area contributed by atoms with Gasteiger partial charge in [-0.1, -0.05) is 24.3 Å². The van der Waals surface area contributed by atoms with Crippen LogP contribution in [0.4, 0.5) is 0 Å². The van der Waals surface area contributed by atoms with Gasteiger partial charge in [-0.05, 0) is 41.4 Å². The van der Waals surface area contributed by atoms with Crippen molar-refractivity contribution < 1.29 is 4.79 Å². The number of carbonyl (C=O) groups is 1. The van der Waals surface area contributed by atoms with E-state index in [0.29, 0.717) is 28.4 Å². The van der Waals surface area contributed by atoms with Gasteiger partial charge >= 0.3 is 0 Å². The zero-order valence-corrected chi connectivity index (χ0v) is 8.65. The number of carbonyl (C=O) groups excluding carboxylic acids is 1. The molecular weight excluding hydrogens is 184 g/mol. The fraction of sp³-hybridized carbons (Fsp3) is 0.643. The van der Waals surface area contributed by atoms with E-state index in [9.17, 15) is 4.79 Å². The van der Waals surface area contributed by atoms with Crippen molar-refractivity contribution in [2.45, 2.75) is 19.3 Å². The molecule has 15 heavy (non-hydrogen) atoms. The van der Waals surface area contributed by atoms with Gasteiger partial charge < -0.3 is 0 Å². The Labute approximate surface area is 89.2 Å². The van der Waals surface area contributed by atoms with E-state index in [0.717, 1.165) is 18.3 Å². The first-order valence-electron chi connectivity index (χ1n) is 6.17. The first-order valence-corrected chi connectivity index (χ1v) is 6.17. The van der Waals surface area contributed by atoms with E-state index in [1.165, 1.54) is 12.8 Å². The van der Waals surface area contributed by atoms with E-state index < -0.39 is 0 Å². The van der Waals surface area contributed by atoms with Gasteiger partial charge in [-0.25, -0.2) is 0 Å². The van der Waals surface area contributed by atoms with E-state index in [2.05, 4.69) is 24.3 Å². The molecule has 0 unspecified atom stereocenters. The molecular formula is C14H14O. The number of ketones is 1. The van der Waals surface area contributed by atoms with Crippen molar-refractivity contribution in [3.05, 3.63) is 24.3 Å². The molecule has 0 aliphatic heterocycles. The minimum Gasteiger partial charge on any atom is -0.299 e. The lowest BCUT2D eigenvalue weighted by molar-refractivity contribution is -0.123. The smallest absolute Gasteiger partial charge is 0.137 e. The maximum absolute atomic E-state index is 12.1. The highest BCUT2D eigenvalue weighted by Gasteiger charge is 2.87. The molecule has 0 aromatic heterocycles. The molecule has 0 amide bonds. The minimum absolute atomic E-state index is 0.383. The summed E-state index contributed by atoms with van der Waals surface area (Å²) in [4.78, 5) is 12.1. The predicted molar refractivity (Wildman–Crippen MR) is 56.0 cm³/mol. The standard InChI is InChI=1S/C14H14O/c15-10-7-13-5-1-2-6-14(13)9-4-3-8(13)11(10)12(9)14/h1-4,8-9,11-12H,5-7H2/t8-,9-,11+,12+,13+,14-/m0/s1. The van der Waals surface area contributed by atoms with Crippen molar-refractivity contribution >= 4 is 5.78 Å². The molecule has 2 spiro atoms. The molecule has 0 aromatic carbocycles. The summed E-state index contributed by atoms with van der Waals surface area (Å²) in [6.07, 6.45) is 12.9. The molecule has 0 aromatic rings. The fourth-order valence-electron chi connectivity index (χ4n) is 5.98. The van der Waals surface area contributed by atoms with Gasteiger partial charge in [-0.3, -0.25) is 4.79 Å². The lowest BCUT2D eigenvalue weighted by Gasteiger charge is -2.44. The van der Waals surface area contributed by atoms with Crippen LogP contribution < -0.4 is 0 Å². The molecule has 6 aliphatic rings. The molecule has 76 valence electrons. The zero-order valence-electron chi connectivity index (χ0n) is 8.65. The van der Waals surface area contributed by atoms with Gasteiger partial charge in [-0.15, -0.1) is 0 Å². The molecule has 6 rings (SSSR count). The average molecular weight is 198 g/mol. The number of hydrogen-bond acceptors (Lipinski definition) is 1. The maximum Gasteiger partial charge on any atom is 0.137 e. The predicted octanol–water partition coefficient (Wildman–Crippen LogP) is 2.34. The van der Waals surface area contributed by atoms with Crippen LogP contribution in [0.15, 0.2) is 24.3 Å². The van der Waals surface area contributed by atoms with Crippen LogP contribution in [0.25, 0.3) is 0 Å². The Morgan fingerprint density at radius 1 is 1.13 bits per heavy atom. The van der Waals surface area contributed by atoms with Gasteiger partial charge in [0, 0.05) is 12.3 Å². The highest BCUT2D eigenvalue weighted by Crippen LogP contribution is 2.89. The first kappa shape index (κ1) is 7.43.